The summed E-state index contributed by atoms with van der Waals surface area (Å²) in [4.78, 5) is 0.164. The summed E-state index contributed by atoms with van der Waals surface area (Å²) >= 11 is 0. The Hall–Kier alpha value is -1.15. The maximum Gasteiger partial charge on any atom is 0.240 e. The fraction of sp³-hybridized carbons (Fsp3) is 0.538. The maximum absolute atomic E-state index is 12.1. The van der Waals surface area contributed by atoms with Gasteiger partial charge in [0.2, 0.25) is 10.0 Å². The molecule has 1 rings (SSSR count). The first kappa shape index (κ1) is 16.9. The summed E-state index contributed by atoms with van der Waals surface area (Å²) in [6.45, 7) is 4.56. The highest BCUT2D eigenvalue weighted by Gasteiger charge is 2.17. The van der Waals surface area contributed by atoms with Crippen LogP contribution < -0.4 is 9.46 Å². The van der Waals surface area contributed by atoms with Crippen molar-refractivity contribution in [2.75, 3.05) is 26.4 Å². The number of sulfonamides is 1. The molecule has 20 heavy (non-hydrogen) atoms. The average molecular weight is 303 g/mol. The Kier molecular flexibility index (Phi) is 6.94. The smallest absolute Gasteiger partial charge is 0.240 e. The van der Waals surface area contributed by atoms with Crippen LogP contribution in [0.15, 0.2) is 29.2 Å². The van der Waals surface area contributed by atoms with E-state index < -0.39 is 10.0 Å². The highest BCUT2D eigenvalue weighted by molar-refractivity contribution is 7.89. The van der Waals surface area contributed by atoms with Crippen LogP contribution in [0.25, 0.3) is 0 Å². The van der Waals surface area contributed by atoms with Crippen molar-refractivity contribution in [3.8, 4) is 5.75 Å². The molecule has 0 saturated heterocycles. The molecule has 7 heteroatoms. The van der Waals surface area contributed by atoms with E-state index in [0.29, 0.717) is 19.0 Å². The van der Waals surface area contributed by atoms with Gasteiger partial charge in [-0.2, -0.15) is 0 Å². The molecule has 6 nitrogen and oxygen atoms in total. The Morgan fingerprint density at radius 1 is 1.30 bits per heavy atom. The summed E-state index contributed by atoms with van der Waals surface area (Å²) in [7, 11) is -3.56. The van der Waals surface area contributed by atoms with Gasteiger partial charge in [-0.15, -0.1) is 0 Å². The van der Waals surface area contributed by atoms with Crippen LogP contribution in [0.4, 0.5) is 0 Å². The summed E-state index contributed by atoms with van der Waals surface area (Å²) in [5, 5.41) is 8.64. The zero-order chi connectivity index (χ0) is 15.0. The first-order valence-electron chi connectivity index (χ1n) is 6.43. The van der Waals surface area contributed by atoms with Crippen LogP contribution in [0, 0.1) is 0 Å². The van der Waals surface area contributed by atoms with Crippen molar-refractivity contribution < 1.29 is 23.0 Å². The first-order chi connectivity index (χ1) is 9.49. The van der Waals surface area contributed by atoms with Crippen molar-refractivity contribution >= 4 is 10.0 Å². The van der Waals surface area contributed by atoms with E-state index in [9.17, 15) is 8.42 Å². The van der Waals surface area contributed by atoms with Crippen molar-refractivity contribution in [1.82, 2.24) is 4.72 Å². The standard InChI is InChI=1S/C13H21NO5S/c1-3-18-10-11(2)14-20(16,17)13-6-4-12(5-7-13)19-9-8-15/h4-7,11,14-15H,3,8-10H2,1-2H3. The van der Waals surface area contributed by atoms with Crippen molar-refractivity contribution in [1.29, 1.82) is 0 Å². The van der Waals surface area contributed by atoms with Crippen LogP contribution in [0.1, 0.15) is 13.8 Å². The molecule has 0 aliphatic rings. The lowest BCUT2D eigenvalue weighted by Gasteiger charge is -2.14. The van der Waals surface area contributed by atoms with Crippen molar-refractivity contribution in [3.05, 3.63) is 24.3 Å². The Morgan fingerprint density at radius 2 is 1.95 bits per heavy atom. The van der Waals surface area contributed by atoms with Gasteiger partial charge in [-0.25, -0.2) is 13.1 Å². The number of hydrogen-bond acceptors (Lipinski definition) is 5. The van der Waals surface area contributed by atoms with E-state index in [-0.39, 0.29) is 24.2 Å². The number of rotatable bonds is 9. The van der Waals surface area contributed by atoms with Gasteiger partial charge in [-0.1, -0.05) is 0 Å². The lowest BCUT2D eigenvalue weighted by molar-refractivity contribution is 0.133. The van der Waals surface area contributed by atoms with Crippen LogP contribution in [0.5, 0.6) is 5.75 Å². The van der Waals surface area contributed by atoms with Crippen molar-refractivity contribution in [2.45, 2.75) is 24.8 Å². The van der Waals surface area contributed by atoms with E-state index >= 15 is 0 Å². The third-order valence-corrected chi connectivity index (χ3v) is 4.03. The summed E-state index contributed by atoms with van der Waals surface area (Å²) in [6, 6.07) is 5.73. The molecule has 1 unspecified atom stereocenters. The molecule has 0 aliphatic heterocycles. The molecule has 0 bridgehead atoms. The predicted molar refractivity (Wildman–Crippen MR) is 75.3 cm³/mol. The fourth-order valence-electron chi connectivity index (χ4n) is 1.54. The van der Waals surface area contributed by atoms with Gasteiger partial charge in [-0.05, 0) is 38.1 Å². The Bertz CT molecular complexity index is 486. The van der Waals surface area contributed by atoms with Crippen LogP contribution in [0.2, 0.25) is 0 Å². The number of hydrogen-bond donors (Lipinski definition) is 2. The topological polar surface area (TPSA) is 84.9 Å². The van der Waals surface area contributed by atoms with Gasteiger partial charge in [0.05, 0.1) is 18.1 Å². The highest BCUT2D eigenvalue weighted by Crippen LogP contribution is 2.16. The Labute approximate surface area is 119 Å². The van der Waals surface area contributed by atoms with Crippen LogP contribution in [-0.4, -0.2) is 46.0 Å². The number of nitrogens with one attached hydrogen (secondary N) is 1. The molecule has 0 aliphatic carbocycles. The van der Waals surface area contributed by atoms with E-state index in [0.717, 1.165) is 0 Å². The largest absolute Gasteiger partial charge is 0.491 e. The molecule has 0 radical (unpaired) electrons. The van der Waals surface area contributed by atoms with E-state index in [4.69, 9.17) is 14.6 Å². The minimum absolute atomic E-state index is 0.0868. The molecule has 0 heterocycles. The molecule has 1 aromatic rings. The molecule has 2 N–H and O–H groups in total. The molecule has 0 saturated carbocycles. The van der Waals surface area contributed by atoms with Gasteiger partial charge in [0.1, 0.15) is 12.4 Å². The molecule has 114 valence electrons. The first-order valence-corrected chi connectivity index (χ1v) is 7.91. The summed E-state index contributed by atoms with van der Waals surface area (Å²) < 4.78 is 37.0. The maximum atomic E-state index is 12.1. The number of benzene rings is 1. The van der Waals surface area contributed by atoms with Crippen LogP contribution >= 0.6 is 0 Å². The highest BCUT2D eigenvalue weighted by atomic mass is 32.2. The number of aliphatic hydroxyl groups excluding tert-OH is 1. The summed E-state index contributed by atoms with van der Waals surface area (Å²) in [6.07, 6.45) is 0. The van der Waals surface area contributed by atoms with Crippen LogP contribution in [0.3, 0.4) is 0 Å². The van der Waals surface area contributed by atoms with E-state index in [1.165, 1.54) is 12.1 Å². The van der Waals surface area contributed by atoms with Gasteiger partial charge >= 0.3 is 0 Å². The normalized spacial score (nSPS) is 13.2. The summed E-state index contributed by atoms with van der Waals surface area (Å²) in [5.74, 6) is 0.514. The van der Waals surface area contributed by atoms with E-state index in [1.807, 2.05) is 6.92 Å². The molecular weight excluding hydrogens is 282 g/mol. The van der Waals surface area contributed by atoms with Crippen LogP contribution in [-0.2, 0) is 14.8 Å². The third-order valence-electron chi connectivity index (χ3n) is 2.42. The van der Waals surface area contributed by atoms with Gasteiger partial charge in [0.25, 0.3) is 0 Å². The van der Waals surface area contributed by atoms with Gasteiger partial charge in [0, 0.05) is 12.6 Å². The summed E-state index contributed by atoms with van der Waals surface area (Å²) in [5.41, 5.74) is 0. The zero-order valence-corrected chi connectivity index (χ0v) is 12.5. The average Bonchev–Trinajstić information content (AvgIpc) is 2.43. The number of aliphatic hydroxyl groups is 1. The second kappa shape index (κ2) is 8.21. The lowest BCUT2D eigenvalue weighted by atomic mass is 10.3. The Balaban J connectivity index is 2.67. The van der Waals surface area contributed by atoms with Crippen molar-refractivity contribution in [2.24, 2.45) is 0 Å². The second-order valence-corrected chi connectivity index (χ2v) is 5.94. The van der Waals surface area contributed by atoms with Gasteiger partial charge in [0.15, 0.2) is 0 Å². The second-order valence-electron chi connectivity index (χ2n) is 4.23. The molecular formula is C13H21NO5S. The van der Waals surface area contributed by atoms with Crippen molar-refractivity contribution in [3.63, 3.8) is 0 Å². The zero-order valence-electron chi connectivity index (χ0n) is 11.7. The number of ether oxygens (including phenoxy) is 2. The molecule has 0 aromatic heterocycles. The molecule has 0 fully saturated rings. The molecule has 0 amide bonds. The molecule has 1 atom stereocenters. The predicted octanol–water partition coefficient (Wildman–Crippen LogP) is 0.761. The molecule has 0 spiro atoms. The van der Waals surface area contributed by atoms with E-state index in [1.54, 1.807) is 19.1 Å². The van der Waals surface area contributed by atoms with E-state index in [2.05, 4.69) is 4.72 Å². The minimum atomic E-state index is -3.56. The monoisotopic (exact) mass is 303 g/mol. The molecule has 1 aromatic carbocycles. The fourth-order valence-corrected chi connectivity index (χ4v) is 2.77. The van der Waals surface area contributed by atoms with Gasteiger partial charge in [-0.3, -0.25) is 0 Å². The SMILES string of the molecule is CCOCC(C)NS(=O)(=O)c1ccc(OCCO)cc1. The third kappa shape index (κ3) is 5.46. The van der Waals surface area contributed by atoms with Gasteiger partial charge < -0.3 is 14.6 Å². The lowest BCUT2D eigenvalue weighted by Crippen LogP contribution is -2.35. The Morgan fingerprint density at radius 3 is 2.50 bits per heavy atom. The minimum Gasteiger partial charge on any atom is -0.491 e. The quantitative estimate of drug-likeness (QED) is 0.703.